The van der Waals surface area contributed by atoms with Crippen LogP contribution in [0.15, 0.2) is 42.4 Å². The molecule has 1 aromatic carbocycles. The maximum Gasteiger partial charge on any atom is 0.352 e. The Labute approximate surface area is 203 Å². The number of benzene rings is 1. The SMILES string of the molecule is CC(=O)N1CSC[C@H]1C(=O)N/C(=C/c1ccc(NC(=O)c2c(Cl)cncc2Cl)cc1)C(=O)O. The molecule has 9 nitrogen and oxygen atoms in total. The molecule has 1 saturated heterocycles. The second-order valence-electron chi connectivity index (χ2n) is 6.91. The van der Waals surface area contributed by atoms with Crippen LogP contribution in [-0.4, -0.2) is 56.4 Å². The van der Waals surface area contributed by atoms with Crippen molar-refractivity contribution in [1.29, 1.82) is 0 Å². The van der Waals surface area contributed by atoms with E-state index in [1.165, 1.54) is 42.1 Å². The number of rotatable bonds is 6. The number of aromatic nitrogens is 1. The highest BCUT2D eigenvalue weighted by atomic mass is 35.5. The van der Waals surface area contributed by atoms with Crippen molar-refractivity contribution >= 4 is 70.4 Å². The summed E-state index contributed by atoms with van der Waals surface area (Å²) in [6.07, 6.45) is 3.89. The number of hydrogen-bond acceptors (Lipinski definition) is 6. The van der Waals surface area contributed by atoms with Gasteiger partial charge in [-0.3, -0.25) is 19.4 Å². The van der Waals surface area contributed by atoms with Crippen molar-refractivity contribution in [3.05, 3.63) is 63.5 Å². The molecule has 1 fully saturated rings. The fraction of sp³-hybridized carbons (Fsp3) is 0.190. The van der Waals surface area contributed by atoms with Gasteiger partial charge in [0.05, 0.1) is 21.5 Å². The van der Waals surface area contributed by atoms with E-state index in [1.54, 1.807) is 24.3 Å². The number of carbonyl (C=O) groups excluding carboxylic acids is 3. The van der Waals surface area contributed by atoms with Crippen molar-refractivity contribution in [2.24, 2.45) is 0 Å². The predicted molar refractivity (Wildman–Crippen MR) is 126 cm³/mol. The van der Waals surface area contributed by atoms with Gasteiger partial charge in [0.15, 0.2) is 0 Å². The second kappa shape index (κ2) is 10.7. The molecule has 3 rings (SSSR count). The fourth-order valence-corrected chi connectivity index (χ4v) is 4.74. The van der Waals surface area contributed by atoms with Crippen LogP contribution < -0.4 is 10.6 Å². The lowest BCUT2D eigenvalue weighted by Crippen LogP contribution is -2.46. The monoisotopic (exact) mass is 508 g/mol. The van der Waals surface area contributed by atoms with Gasteiger partial charge < -0.3 is 20.6 Å². The van der Waals surface area contributed by atoms with E-state index in [0.717, 1.165) is 0 Å². The molecule has 12 heteroatoms. The number of pyridine rings is 1. The molecule has 1 atom stereocenters. The average Bonchev–Trinajstić information content (AvgIpc) is 3.25. The first-order chi connectivity index (χ1) is 15.7. The quantitative estimate of drug-likeness (QED) is 0.511. The van der Waals surface area contributed by atoms with E-state index in [-0.39, 0.29) is 27.2 Å². The average molecular weight is 509 g/mol. The molecule has 0 aliphatic carbocycles. The molecule has 0 spiro atoms. The minimum Gasteiger partial charge on any atom is -0.477 e. The molecule has 0 saturated carbocycles. The Morgan fingerprint density at radius 2 is 1.79 bits per heavy atom. The zero-order valence-electron chi connectivity index (χ0n) is 17.2. The van der Waals surface area contributed by atoms with Crippen LogP contribution in [0, 0.1) is 0 Å². The van der Waals surface area contributed by atoms with Crippen molar-refractivity contribution in [2.75, 3.05) is 16.9 Å². The van der Waals surface area contributed by atoms with Gasteiger partial charge in [0.25, 0.3) is 5.91 Å². The van der Waals surface area contributed by atoms with Gasteiger partial charge in [-0.1, -0.05) is 35.3 Å². The van der Waals surface area contributed by atoms with Crippen LogP contribution in [0.1, 0.15) is 22.8 Å². The van der Waals surface area contributed by atoms with Crippen molar-refractivity contribution in [1.82, 2.24) is 15.2 Å². The number of carboxylic acids is 1. The van der Waals surface area contributed by atoms with Gasteiger partial charge in [0.1, 0.15) is 11.7 Å². The number of nitrogens with one attached hydrogen (secondary N) is 2. The lowest BCUT2D eigenvalue weighted by atomic mass is 10.1. The van der Waals surface area contributed by atoms with Crippen LogP contribution in [0.5, 0.6) is 0 Å². The predicted octanol–water partition coefficient (Wildman–Crippen LogP) is 3.10. The molecule has 0 unspecified atom stereocenters. The van der Waals surface area contributed by atoms with Crippen molar-refractivity contribution in [2.45, 2.75) is 13.0 Å². The summed E-state index contributed by atoms with van der Waals surface area (Å²) >= 11 is 13.4. The number of amides is 3. The summed E-state index contributed by atoms with van der Waals surface area (Å²) in [5, 5.41) is 14.7. The molecule has 0 bridgehead atoms. The van der Waals surface area contributed by atoms with Crippen LogP contribution >= 0.6 is 35.0 Å². The van der Waals surface area contributed by atoms with E-state index in [4.69, 9.17) is 23.2 Å². The Morgan fingerprint density at radius 1 is 1.15 bits per heavy atom. The van der Waals surface area contributed by atoms with Crippen LogP contribution in [0.3, 0.4) is 0 Å². The number of hydrogen-bond donors (Lipinski definition) is 3. The van der Waals surface area contributed by atoms with Crippen LogP contribution in [0.2, 0.25) is 10.0 Å². The normalized spacial score (nSPS) is 15.8. The number of aliphatic carboxylic acids is 1. The minimum absolute atomic E-state index is 0.0814. The highest BCUT2D eigenvalue weighted by Gasteiger charge is 2.33. The van der Waals surface area contributed by atoms with Gasteiger partial charge >= 0.3 is 5.97 Å². The van der Waals surface area contributed by atoms with Gasteiger partial charge in [-0.05, 0) is 23.8 Å². The van der Waals surface area contributed by atoms with E-state index in [1.807, 2.05) is 0 Å². The van der Waals surface area contributed by atoms with Crippen molar-refractivity contribution in [3.63, 3.8) is 0 Å². The van der Waals surface area contributed by atoms with E-state index in [9.17, 15) is 24.3 Å². The Hall–Kier alpha value is -3.08. The molecular weight excluding hydrogens is 491 g/mol. The van der Waals surface area contributed by atoms with E-state index < -0.39 is 23.8 Å². The van der Waals surface area contributed by atoms with Gasteiger partial charge in [-0.2, -0.15) is 0 Å². The molecule has 0 radical (unpaired) electrons. The summed E-state index contributed by atoms with van der Waals surface area (Å²) in [7, 11) is 0. The Kier molecular flexibility index (Phi) is 7.96. The Morgan fingerprint density at radius 3 is 2.36 bits per heavy atom. The highest BCUT2D eigenvalue weighted by molar-refractivity contribution is 7.99. The van der Waals surface area contributed by atoms with Gasteiger partial charge in [-0.15, -0.1) is 11.8 Å². The van der Waals surface area contributed by atoms with E-state index in [0.29, 0.717) is 22.9 Å². The summed E-state index contributed by atoms with van der Waals surface area (Å²) in [6, 6.07) is 5.50. The first kappa shape index (κ1) is 24.6. The molecule has 172 valence electrons. The first-order valence-electron chi connectivity index (χ1n) is 9.48. The zero-order chi connectivity index (χ0) is 24.1. The zero-order valence-corrected chi connectivity index (χ0v) is 19.5. The lowest BCUT2D eigenvalue weighted by molar-refractivity contribution is -0.137. The number of nitrogens with zero attached hydrogens (tertiary/aromatic N) is 2. The Bertz CT molecular complexity index is 1120. The summed E-state index contributed by atoms with van der Waals surface area (Å²) in [5.41, 5.74) is 0.627. The third kappa shape index (κ3) is 6.04. The molecule has 1 aliphatic rings. The van der Waals surface area contributed by atoms with Crippen LogP contribution in [0.4, 0.5) is 5.69 Å². The summed E-state index contributed by atoms with van der Waals surface area (Å²) in [6.45, 7) is 1.36. The topological polar surface area (TPSA) is 129 Å². The van der Waals surface area contributed by atoms with Crippen molar-refractivity contribution in [3.8, 4) is 0 Å². The minimum atomic E-state index is -1.33. The van der Waals surface area contributed by atoms with Crippen molar-refractivity contribution < 1.29 is 24.3 Å². The second-order valence-corrected chi connectivity index (χ2v) is 8.73. The molecule has 3 amide bonds. The summed E-state index contributed by atoms with van der Waals surface area (Å²) in [4.78, 5) is 53.5. The molecule has 3 N–H and O–H groups in total. The number of carboxylic acid groups (broad SMARTS) is 1. The smallest absolute Gasteiger partial charge is 0.352 e. The van der Waals surface area contributed by atoms with E-state index >= 15 is 0 Å². The molecule has 1 aliphatic heterocycles. The molecule has 2 aromatic rings. The largest absolute Gasteiger partial charge is 0.477 e. The highest BCUT2D eigenvalue weighted by Crippen LogP contribution is 2.24. The number of halogens is 2. The summed E-state index contributed by atoms with van der Waals surface area (Å²) < 4.78 is 0. The number of anilines is 1. The third-order valence-electron chi connectivity index (χ3n) is 4.64. The summed E-state index contributed by atoms with van der Waals surface area (Å²) in [5.74, 6) is -1.92. The number of carbonyl (C=O) groups is 4. The van der Waals surface area contributed by atoms with Crippen LogP contribution in [0.25, 0.3) is 6.08 Å². The van der Waals surface area contributed by atoms with Crippen LogP contribution in [-0.2, 0) is 14.4 Å². The molecule has 33 heavy (non-hydrogen) atoms. The standard InChI is InChI=1S/C21H18Cl2N4O5S/c1-11(28)27-10-33-9-17(27)19(29)26-16(21(31)32)6-12-2-4-13(5-3-12)25-20(30)18-14(22)7-24-8-15(18)23/h2-8,17H,9-10H2,1H3,(H,25,30)(H,26,29)(H,31,32)/b16-6+/t17-/m0/s1. The molecule has 2 heterocycles. The van der Waals surface area contributed by atoms with Gasteiger partial charge in [0, 0.05) is 30.8 Å². The molecular formula is C21H18Cl2N4O5S. The fourth-order valence-electron chi connectivity index (χ4n) is 2.99. The van der Waals surface area contributed by atoms with E-state index in [2.05, 4.69) is 15.6 Å². The first-order valence-corrected chi connectivity index (χ1v) is 11.4. The third-order valence-corrected chi connectivity index (χ3v) is 6.22. The Balaban J connectivity index is 1.72. The maximum atomic E-state index is 12.5. The number of thioether (sulfide) groups is 1. The van der Waals surface area contributed by atoms with Gasteiger partial charge in [-0.25, -0.2) is 4.79 Å². The van der Waals surface area contributed by atoms with Gasteiger partial charge in [0.2, 0.25) is 11.8 Å². The maximum absolute atomic E-state index is 12.5. The lowest BCUT2D eigenvalue weighted by Gasteiger charge is -2.21. The molecule has 1 aromatic heterocycles.